The van der Waals surface area contributed by atoms with Crippen molar-refractivity contribution in [2.75, 3.05) is 0 Å². The highest BCUT2D eigenvalue weighted by Gasteiger charge is 2.22. The van der Waals surface area contributed by atoms with E-state index in [0.717, 1.165) is 0 Å². The van der Waals surface area contributed by atoms with Gasteiger partial charge in [-0.3, -0.25) is 0 Å². The third-order valence-electron chi connectivity index (χ3n) is 6.82. The lowest BCUT2D eigenvalue weighted by molar-refractivity contribution is 0.277. The Hall–Kier alpha value is -1.57. The summed E-state index contributed by atoms with van der Waals surface area (Å²) in [5.41, 5.74) is 1.48. The summed E-state index contributed by atoms with van der Waals surface area (Å²) in [6.07, 6.45) is 28.1. The van der Waals surface area contributed by atoms with Crippen LogP contribution >= 0.6 is 0 Å². The van der Waals surface area contributed by atoms with Crippen molar-refractivity contribution >= 4 is 0 Å². The fraction of sp³-hybridized carbons (Fsp3) is 0.690. The molecule has 0 bridgehead atoms. The molecule has 0 fully saturated rings. The molecule has 31 heavy (non-hydrogen) atoms. The molecule has 0 saturated heterocycles. The third kappa shape index (κ3) is 11.0. The number of hydrogen-bond acceptors (Lipinski definition) is 1. The molecule has 1 heterocycles. The van der Waals surface area contributed by atoms with Gasteiger partial charge >= 0.3 is 0 Å². The number of rotatable bonds is 19. The molecule has 0 radical (unpaired) electrons. The Bertz CT molecular complexity index is 619. The molecule has 1 aromatic carbocycles. The van der Waals surface area contributed by atoms with E-state index in [9.17, 15) is 0 Å². The summed E-state index contributed by atoms with van der Waals surface area (Å²) < 4.78 is 2.39. The quantitative estimate of drug-likeness (QED) is 0.205. The van der Waals surface area contributed by atoms with E-state index in [1.165, 1.54) is 108 Å². The Morgan fingerprint density at radius 1 is 0.710 bits per heavy atom. The van der Waals surface area contributed by atoms with Crippen molar-refractivity contribution in [3.63, 3.8) is 0 Å². The molecule has 2 heteroatoms. The van der Waals surface area contributed by atoms with Gasteiger partial charge in [0, 0.05) is 18.4 Å². The van der Waals surface area contributed by atoms with Crippen LogP contribution in [0.1, 0.15) is 122 Å². The van der Waals surface area contributed by atoms with E-state index in [2.05, 4.69) is 59.9 Å². The normalized spacial score (nSPS) is 13.4. The van der Waals surface area contributed by atoms with E-state index in [0.29, 0.717) is 12.0 Å². The van der Waals surface area contributed by atoms with Crippen molar-refractivity contribution < 1.29 is 0 Å². The standard InChI is InChI=1S/C29H48N2/c1-3-5-7-8-9-10-11-12-13-14-18-21-28(25-27-19-16-15-17-20-27)29(22-6-4-2)31-24-23-30-26-31/h15-17,19-20,23-24,26,28-29H,3-14,18,21-22,25H2,1-2H3. The maximum atomic E-state index is 4.37. The highest BCUT2D eigenvalue weighted by Crippen LogP contribution is 2.32. The van der Waals surface area contributed by atoms with Crippen LogP contribution in [0.25, 0.3) is 0 Å². The van der Waals surface area contributed by atoms with Crippen LogP contribution in [0.5, 0.6) is 0 Å². The summed E-state index contributed by atoms with van der Waals surface area (Å²) >= 11 is 0. The van der Waals surface area contributed by atoms with Gasteiger partial charge in [-0.2, -0.15) is 0 Å². The van der Waals surface area contributed by atoms with Crippen molar-refractivity contribution in [1.29, 1.82) is 0 Å². The first-order valence-corrected chi connectivity index (χ1v) is 13.4. The fourth-order valence-corrected chi connectivity index (χ4v) is 4.93. The Morgan fingerprint density at radius 3 is 1.90 bits per heavy atom. The average Bonchev–Trinajstić information content (AvgIpc) is 3.33. The fourth-order valence-electron chi connectivity index (χ4n) is 4.93. The predicted molar refractivity (Wildman–Crippen MR) is 136 cm³/mol. The molecular weight excluding hydrogens is 376 g/mol. The number of benzene rings is 1. The molecular formula is C29H48N2. The van der Waals surface area contributed by atoms with Crippen molar-refractivity contribution in [2.24, 2.45) is 5.92 Å². The zero-order chi connectivity index (χ0) is 22.0. The molecule has 2 atom stereocenters. The van der Waals surface area contributed by atoms with Gasteiger partial charge < -0.3 is 4.57 Å². The number of aromatic nitrogens is 2. The topological polar surface area (TPSA) is 17.8 Å². The number of unbranched alkanes of at least 4 members (excludes halogenated alkanes) is 11. The summed E-state index contributed by atoms with van der Waals surface area (Å²) in [7, 11) is 0. The van der Waals surface area contributed by atoms with E-state index in [1.54, 1.807) is 0 Å². The van der Waals surface area contributed by atoms with E-state index in [-0.39, 0.29) is 0 Å². The monoisotopic (exact) mass is 424 g/mol. The lowest BCUT2D eigenvalue weighted by Crippen LogP contribution is -2.21. The number of imidazole rings is 1. The molecule has 174 valence electrons. The van der Waals surface area contributed by atoms with Gasteiger partial charge in [-0.05, 0) is 30.7 Å². The van der Waals surface area contributed by atoms with Crippen LogP contribution in [0.15, 0.2) is 49.1 Å². The van der Waals surface area contributed by atoms with Crippen molar-refractivity contribution in [3.8, 4) is 0 Å². The Balaban J connectivity index is 1.78. The molecule has 1 aromatic heterocycles. The van der Waals surface area contributed by atoms with Crippen LogP contribution in [-0.2, 0) is 6.42 Å². The van der Waals surface area contributed by atoms with Gasteiger partial charge in [0.2, 0.25) is 0 Å². The zero-order valence-electron chi connectivity index (χ0n) is 20.5. The minimum Gasteiger partial charge on any atom is -0.334 e. The molecule has 2 rings (SSSR count). The lowest BCUT2D eigenvalue weighted by atomic mass is 9.84. The minimum atomic E-state index is 0.575. The van der Waals surface area contributed by atoms with Crippen LogP contribution in [-0.4, -0.2) is 9.55 Å². The number of nitrogens with zero attached hydrogens (tertiary/aromatic N) is 2. The summed E-state index contributed by atoms with van der Waals surface area (Å²) in [6.45, 7) is 4.60. The van der Waals surface area contributed by atoms with Crippen LogP contribution in [0, 0.1) is 5.92 Å². The van der Waals surface area contributed by atoms with Crippen molar-refractivity contribution in [3.05, 3.63) is 54.6 Å². The third-order valence-corrected chi connectivity index (χ3v) is 6.82. The van der Waals surface area contributed by atoms with Gasteiger partial charge in [-0.25, -0.2) is 4.98 Å². The van der Waals surface area contributed by atoms with Crippen LogP contribution in [0.4, 0.5) is 0 Å². The first kappa shape index (κ1) is 25.7. The Morgan fingerprint density at radius 2 is 1.32 bits per heavy atom. The van der Waals surface area contributed by atoms with Gasteiger partial charge in [-0.1, -0.05) is 128 Å². The van der Waals surface area contributed by atoms with Crippen LogP contribution in [0.3, 0.4) is 0 Å². The van der Waals surface area contributed by atoms with Crippen molar-refractivity contribution in [2.45, 2.75) is 123 Å². The van der Waals surface area contributed by atoms with Crippen LogP contribution in [0.2, 0.25) is 0 Å². The zero-order valence-corrected chi connectivity index (χ0v) is 20.5. The Labute approximate surface area is 192 Å². The predicted octanol–water partition coefficient (Wildman–Crippen LogP) is 9.17. The second-order valence-electron chi connectivity index (χ2n) is 9.49. The van der Waals surface area contributed by atoms with Gasteiger partial charge in [0.05, 0.1) is 6.33 Å². The van der Waals surface area contributed by atoms with Crippen LogP contribution < -0.4 is 0 Å². The molecule has 0 saturated carbocycles. The number of hydrogen-bond donors (Lipinski definition) is 0. The maximum absolute atomic E-state index is 4.37. The summed E-state index contributed by atoms with van der Waals surface area (Å²) in [5, 5.41) is 0. The molecule has 0 aliphatic rings. The average molecular weight is 425 g/mol. The van der Waals surface area contributed by atoms with Gasteiger partial charge in [0.1, 0.15) is 0 Å². The first-order chi connectivity index (χ1) is 15.3. The van der Waals surface area contributed by atoms with E-state index >= 15 is 0 Å². The molecule has 0 N–H and O–H groups in total. The Kier molecular flexibility index (Phi) is 14.1. The molecule has 2 aromatic rings. The largest absolute Gasteiger partial charge is 0.334 e. The van der Waals surface area contributed by atoms with E-state index in [1.807, 2.05) is 12.5 Å². The molecule has 0 spiro atoms. The van der Waals surface area contributed by atoms with E-state index < -0.39 is 0 Å². The molecule has 0 aliphatic carbocycles. The lowest BCUT2D eigenvalue weighted by Gasteiger charge is -2.29. The summed E-state index contributed by atoms with van der Waals surface area (Å²) in [4.78, 5) is 4.37. The van der Waals surface area contributed by atoms with Crippen molar-refractivity contribution in [1.82, 2.24) is 9.55 Å². The highest BCUT2D eigenvalue weighted by atomic mass is 15.1. The summed E-state index contributed by atoms with van der Waals surface area (Å²) in [6, 6.07) is 11.7. The highest BCUT2D eigenvalue weighted by molar-refractivity contribution is 5.15. The molecule has 2 nitrogen and oxygen atoms in total. The first-order valence-electron chi connectivity index (χ1n) is 13.4. The van der Waals surface area contributed by atoms with Gasteiger partial charge in [0.15, 0.2) is 0 Å². The molecule has 0 amide bonds. The second-order valence-corrected chi connectivity index (χ2v) is 9.49. The van der Waals surface area contributed by atoms with Gasteiger partial charge in [-0.15, -0.1) is 0 Å². The smallest absolute Gasteiger partial charge is 0.0948 e. The summed E-state index contributed by atoms with van der Waals surface area (Å²) in [5.74, 6) is 0.696. The maximum Gasteiger partial charge on any atom is 0.0948 e. The SMILES string of the molecule is CCCCCCCCCCCCCC(Cc1ccccc1)C(CCCC)n1ccnc1. The molecule has 2 unspecified atom stereocenters. The van der Waals surface area contributed by atoms with E-state index in [4.69, 9.17) is 0 Å². The second kappa shape index (κ2) is 17.0. The van der Waals surface area contributed by atoms with Gasteiger partial charge in [0.25, 0.3) is 0 Å². The minimum absolute atomic E-state index is 0.575. The molecule has 0 aliphatic heterocycles.